The minimum Gasteiger partial charge on any atom is -0.490 e. The van der Waals surface area contributed by atoms with Gasteiger partial charge in [0.1, 0.15) is 17.7 Å². The van der Waals surface area contributed by atoms with Crippen molar-refractivity contribution in [3.05, 3.63) is 29.6 Å². The van der Waals surface area contributed by atoms with Crippen LogP contribution in [0.4, 0.5) is 4.39 Å². The van der Waals surface area contributed by atoms with Gasteiger partial charge < -0.3 is 4.74 Å². The number of ether oxygens (including phenoxy) is 1. The Morgan fingerprint density at radius 3 is 2.94 bits per heavy atom. The number of alkyl halides is 1. The van der Waals surface area contributed by atoms with Gasteiger partial charge in [-0.15, -0.1) is 11.6 Å². The Bertz CT molecular complexity index is 401. The topological polar surface area (TPSA) is 9.23 Å². The Labute approximate surface area is 107 Å². The highest BCUT2D eigenvalue weighted by Crippen LogP contribution is 2.36. The van der Waals surface area contributed by atoms with Gasteiger partial charge in [0.25, 0.3) is 0 Å². The van der Waals surface area contributed by atoms with Crippen LogP contribution in [0.15, 0.2) is 18.2 Å². The fraction of sp³-hybridized carbons (Fsp3) is 0.571. The van der Waals surface area contributed by atoms with Crippen molar-refractivity contribution < 1.29 is 9.13 Å². The molecule has 1 aromatic rings. The predicted octanol–water partition coefficient (Wildman–Crippen LogP) is 4.17. The van der Waals surface area contributed by atoms with Gasteiger partial charge in [-0.1, -0.05) is 13.8 Å². The fourth-order valence-corrected chi connectivity index (χ4v) is 2.54. The first-order chi connectivity index (χ1) is 8.06. The maximum absolute atomic E-state index is 13.1. The second-order valence-electron chi connectivity index (χ2n) is 5.20. The zero-order valence-electron chi connectivity index (χ0n) is 10.3. The molecular formula is C14H18ClFO. The minimum absolute atomic E-state index is 0.104. The SMILES string of the molecule is CCC(C)(CCl)CC1Cc2cc(F)ccc2O1. The Morgan fingerprint density at radius 2 is 2.29 bits per heavy atom. The van der Waals surface area contributed by atoms with Crippen LogP contribution in [0.25, 0.3) is 0 Å². The van der Waals surface area contributed by atoms with Crippen molar-refractivity contribution in [1.82, 2.24) is 0 Å². The van der Waals surface area contributed by atoms with Crippen LogP contribution in [0, 0.1) is 11.2 Å². The molecular weight excluding hydrogens is 239 g/mol. The van der Waals surface area contributed by atoms with E-state index in [9.17, 15) is 4.39 Å². The number of benzene rings is 1. The molecule has 0 fully saturated rings. The summed E-state index contributed by atoms with van der Waals surface area (Å²) in [4.78, 5) is 0. The predicted molar refractivity (Wildman–Crippen MR) is 68.3 cm³/mol. The minimum atomic E-state index is -0.191. The molecule has 0 saturated carbocycles. The normalized spacial score (nSPS) is 21.8. The van der Waals surface area contributed by atoms with Crippen LogP contribution >= 0.6 is 11.6 Å². The summed E-state index contributed by atoms with van der Waals surface area (Å²) in [5.41, 5.74) is 1.08. The summed E-state index contributed by atoms with van der Waals surface area (Å²) < 4.78 is 18.9. The first-order valence-corrected chi connectivity index (χ1v) is 6.61. The third kappa shape index (κ3) is 2.74. The maximum atomic E-state index is 13.1. The molecule has 1 aromatic carbocycles. The molecule has 2 rings (SSSR count). The van der Waals surface area contributed by atoms with E-state index in [-0.39, 0.29) is 17.3 Å². The summed E-state index contributed by atoms with van der Waals surface area (Å²) in [6.07, 6.45) is 2.87. The maximum Gasteiger partial charge on any atom is 0.123 e. The lowest BCUT2D eigenvalue weighted by Crippen LogP contribution is -2.27. The van der Waals surface area contributed by atoms with Gasteiger partial charge in [-0.2, -0.15) is 0 Å². The Balaban J connectivity index is 2.05. The largest absolute Gasteiger partial charge is 0.490 e. The lowest BCUT2D eigenvalue weighted by Gasteiger charge is -2.28. The van der Waals surface area contributed by atoms with Gasteiger partial charge in [-0.05, 0) is 36.5 Å². The molecule has 94 valence electrons. The first-order valence-electron chi connectivity index (χ1n) is 6.07. The third-order valence-electron chi connectivity index (χ3n) is 3.66. The van der Waals surface area contributed by atoms with Gasteiger partial charge in [0.15, 0.2) is 0 Å². The van der Waals surface area contributed by atoms with Crippen LogP contribution in [-0.4, -0.2) is 12.0 Å². The van der Waals surface area contributed by atoms with Gasteiger partial charge in [0, 0.05) is 17.9 Å². The van der Waals surface area contributed by atoms with E-state index in [1.54, 1.807) is 12.1 Å². The van der Waals surface area contributed by atoms with Crippen LogP contribution in [0.1, 0.15) is 32.3 Å². The number of rotatable bonds is 4. The standard InChI is InChI=1S/C14H18ClFO/c1-3-14(2,9-15)8-12-7-10-6-11(16)4-5-13(10)17-12/h4-6,12H,3,7-9H2,1-2H3. The van der Waals surface area contributed by atoms with E-state index in [1.165, 1.54) is 6.07 Å². The number of hydrogen-bond acceptors (Lipinski definition) is 1. The van der Waals surface area contributed by atoms with Crippen LogP contribution in [0.2, 0.25) is 0 Å². The summed E-state index contributed by atoms with van der Waals surface area (Å²) in [5.74, 6) is 1.27. The second kappa shape index (κ2) is 4.85. The van der Waals surface area contributed by atoms with Gasteiger partial charge in [0.05, 0.1) is 0 Å². The summed E-state index contributed by atoms with van der Waals surface area (Å²) in [6, 6.07) is 4.73. The Morgan fingerprint density at radius 1 is 1.53 bits per heavy atom. The Hall–Kier alpha value is -0.760. The molecule has 0 spiro atoms. The highest BCUT2D eigenvalue weighted by molar-refractivity contribution is 6.18. The lowest BCUT2D eigenvalue weighted by atomic mass is 9.83. The number of hydrogen-bond donors (Lipinski definition) is 0. The summed E-state index contributed by atoms with van der Waals surface area (Å²) in [6.45, 7) is 4.32. The molecule has 0 radical (unpaired) electrons. The van der Waals surface area contributed by atoms with E-state index >= 15 is 0 Å². The smallest absolute Gasteiger partial charge is 0.123 e. The van der Waals surface area contributed by atoms with Crippen molar-refractivity contribution in [1.29, 1.82) is 0 Å². The zero-order chi connectivity index (χ0) is 12.5. The quantitative estimate of drug-likeness (QED) is 0.735. The molecule has 1 heterocycles. The summed E-state index contributed by atoms with van der Waals surface area (Å²) >= 11 is 6.01. The molecule has 0 aliphatic carbocycles. The van der Waals surface area contributed by atoms with E-state index in [4.69, 9.17) is 16.3 Å². The molecule has 0 N–H and O–H groups in total. The molecule has 0 bridgehead atoms. The van der Waals surface area contributed by atoms with Crippen LogP contribution in [-0.2, 0) is 6.42 Å². The molecule has 0 saturated heterocycles. The van der Waals surface area contributed by atoms with Gasteiger partial charge in [0.2, 0.25) is 0 Å². The monoisotopic (exact) mass is 256 g/mol. The molecule has 1 aliphatic rings. The molecule has 2 unspecified atom stereocenters. The lowest BCUT2D eigenvalue weighted by molar-refractivity contribution is 0.155. The fourth-order valence-electron chi connectivity index (χ4n) is 2.25. The molecule has 17 heavy (non-hydrogen) atoms. The number of halogens is 2. The van der Waals surface area contributed by atoms with E-state index in [2.05, 4.69) is 13.8 Å². The van der Waals surface area contributed by atoms with Crippen LogP contribution in [0.5, 0.6) is 5.75 Å². The van der Waals surface area contributed by atoms with E-state index in [0.717, 1.165) is 30.6 Å². The van der Waals surface area contributed by atoms with Crippen molar-refractivity contribution in [2.75, 3.05) is 5.88 Å². The van der Waals surface area contributed by atoms with Crippen molar-refractivity contribution in [3.63, 3.8) is 0 Å². The second-order valence-corrected chi connectivity index (χ2v) is 5.47. The Kier molecular flexibility index (Phi) is 3.62. The molecule has 0 amide bonds. The van der Waals surface area contributed by atoms with Gasteiger partial charge in [-0.3, -0.25) is 0 Å². The van der Waals surface area contributed by atoms with Crippen molar-refractivity contribution in [2.24, 2.45) is 5.41 Å². The van der Waals surface area contributed by atoms with Crippen molar-refractivity contribution in [3.8, 4) is 5.75 Å². The molecule has 3 heteroatoms. The molecule has 1 aliphatic heterocycles. The third-order valence-corrected chi connectivity index (χ3v) is 4.31. The van der Waals surface area contributed by atoms with Crippen molar-refractivity contribution in [2.45, 2.75) is 39.2 Å². The average Bonchev–Trinajstić information content (AvgIpc) is 2.70. The summed E-state index contributed by atoms with van der Waals surface area (Å²) in [7, 11) is 0. The molecule has 2 atom stereocenters. The van der Waals surface area contributed by atoms with E-state index in [1.807, 2.05) is 0 Å². The summed E-state index contributed by atoms with van der Waals surface area (Å²) in [5, 5.41) is 0. The first kappa shape index (κ1) is 12.7. The van der Waals surface area contributed by atoms with E-state index < -0.39 is 0 Å². The van der Waals surface area contributed by atoms with Gasteiger partial charge in [-0.25, -0.2) is 4.39 Å². The highest BCUT2D eigenvalue weighted by atomic mass is 35.5. The highest BCUT2D eigenvalue weighted by Gasteiger charge is 2.31. The molecule has 1 nitrogen and oxygen atoms in total. The van der Waals surface area contributed by atoms with Crippen LogP contribution < -0.4 is 4.74 Å². The van der Waals surface area contributed by atoms with Crippen LogP contribution in [0.3, 0.4) is 0 Å². The number of fused-ring (bicyclic) bond motifs is 1. The van der Waals surface area contributed by atoms with Crippen molar-refractivity contribution >= 4 is 11.6 Å². The van der Waals surface area contributed by atoms with E-state index in [0.29, 0.717) is 5.88 Å². The molecule has 0 aromatic heterocycles. The zero-order valence-corrected chi connectivity index (χ0v) is 11.1. The average molecular weight is 257 g/mol. The van der Waals surface area contributed by atoms with Gasteiger partial charge >= 0.3 is 0 Å².